The summed E-state index contributed by atoms with van der Waals surface area (Å²) in [6.07, 6.45) is 2.56. The van der Waals surface area contributed by atoms with E-state index >= 15 is 0 Å². The van der Waals surface area contributed by atoms with E-state index in [1.165, 1.54) is 6.20 Å². The molecule has 0 saturated heterocycles. The molecular weight excluding hydrogens is 168 g/mol. The first-order valence-corrected chi connectivity index (χ1v) is 4.49. The molecule has 11 heavy (non-hydrogen) atoms. The molecule has 1 aliphatic rings. The van der Waals surface area contributed by atoms with Crippen LogP contribution < -0.4 is 0 Å². The SMILES string of the molecule is CC1N(C)C=CN1S(=O)(=O)O. The monoisotopic (exact) mass is 178 g/mol. The third kappa shape index (κ3) is 1.46. The van der Waals surface area contributed by atoms with Gasteiger partial charge < -0.3 is 4.90 Å². The fraction of sp³-hybridized carbons (Fsp3) is 0.600. The zero-order chi connectivity index (χ0) is 8.65. The van der Waals surface area contributed by atoms with Crippen molar-refractivity contribution in [2.45, 2.75) is 13.1 Å². The van der Waals surface area contributed by atoms with Crippen LogP contribution in [0.5, 0.6) is 0 Å². The molecule has 0 aromatic heterocycles. The Bertz CT molecular complexity index is 271. The van der Waals surface area contributed by atoms with Gasteiger partial charge in [-0.3, -0.25) is 4.55 Å². The highest BCUT2D eigenvalue weighted by molar-refractivity contribution is 7.83. The summed E-state index contributed by atoms with van der Waals surface area (Å²) in [6.45, 7) is 1.67. The zero-order valence-corrected chi connectivity index (χ0v) is 7.11. The molecule has 6 heteroatoms. The van der Waals surface area contributed by atoms with E-state index in [1.54, 1.807) is 25.1 Å². The molecule has 0 amide bonds. The van der Waals surface area contributed by atoms with Crippen LogP contribution in [0.1, 0.15) is 6.92 Å². The van der Waals surface area contributed by atoms with E-state index in [1.807, 2.05) is 0 Å². The second-order valence-electron chi connectivity index (χ2n) is 2.40. The first-order valence-electron chi connectivity index (χ1n) is 3.09. The molecule has 0 bridgehead atoms. The Balaban J connectivity index is 2.88. The van der Waals surface area contributed by atoms with Gasteiger partial charge in [0, 0.05) is 19.4 Å². The minimum atomic E-state index is -4.08. The van der Waals surface area contributed by atoms with Gasteiger partial charge >= 0.3 is 10.3 Å². The Hall–Kier alpha value is -0.750. The highest BCUT2D eigenvalue weighted by Gasteiger charge is 2.27. The third-order valence-corrected chi connectivity index (χ3v) is 2.63. The normalized spacial score (nSPS) is 24.8. The van der Waals surface area contributed by atoms with Gasteiger partial charge in [0.2, 0.25) is 0 Å². The average Bonchev–Trinajstić information content (AvgIpc) is 2.11. The average molecular weight is 178 g/mol. The lowest BCUT2D eigenvalue weighted by Crippen LogP contribution is -2.37. The van der Waals surface area contributed by atoms with Crippen LogP contribution in [0.2, 0.25) is 0 Å². The Morgan fingerprint density at radius 2 is 2.00 bits per heavy atom. The van der Waals surface area contributed by atoms with Crippen LogP contribution in [0, 0.1) is 0 Å². The molecule has 1 heterocycles. The fourth-order valence-electron chi connectivity index (χ4n) is 0.869. The van der Waals surface area contributed by atoms with Crippen molar-refractivity contribution in [3.63, 3.8) is 0 Å². The summed E-state index contributed by atoms with van der Waals surface area (Å²) in [5.74, 6) is 0. The zero-order valence-electron chi connectivity index (χ0n) is 6.30. The summed E-state index contributed by atoms with van der Waals surface area (Å²) in [5, 5.41) is 0. The Morgan fingerprint density at radius 1 is 1.45 bits per heavy atom. The van der Waals surface area contributed by atoms with Gasteiger partial charge in [0.25, 0.3) is 0 Å². The first kappa shape index (κ1) is 8.35. The van der Waals surface area contributed by atoms with Crippen molar-refractivity contribution in [1.29, 1.82) is 0 Å². The van der Waals surface area contributed by atoms with Crippen LogP contribution in [0.25, 0.3) is 0 Å². The molecule has 1 N–H and O–H groups in total. The number of rotatable bonds is 1. The second kappa shape index (κ2) is 2.38. The Kier molecular flexibility index (Phi) is 1.81. The van der Waals surface area contributed by atoms with E-state index in [0.717, 1.165) is 4.31 Å². The molecular formula is C5H10N2O3S. The molecule has 1 rings (SSSR count). The van der Waals surface area contributed by atoms with Crippen LogP contribution in [-0.2, 0) is 10.3 Å². The summed E-state index contributed by atoms with van der Waals surface area (Å²) < 4.78 is 30.7. The maximum Gasteiger partial charge on any atom is 0.361 e. The minimum absolute atomic E-state index is 0.343. The van der Waals surface area contributed by atoms with Crippen molar-refractivity contribution in [3.05, 3.63) is 12.4 Å². The maximum absolute atomic E-state index is 10.6. The van der Waals surface area contributed by atoms with E-state index in [4.69, 9.17) is 4.55 Å². The van der Waals surface area contributed by atoms with Gasteiger partial charge in [0.1, 0.15) is 6.17 Å². The topological polar surface area (TPSA) is 60.9 Å². The van der Waals surface area contributed by atoms with Crippen molar-refractivity contribution >= 4 is 10.3 Å². The molecule has 0 spiro atoms. The summed E-state index contributed by atoms with van der Waals surface area (Å²) in [7, 11) is -2.35. The molecule has 64 valence electrons. The molecule has 1 unspecified atom stereocenters. The molecule has 0 aromatic rings. The van der Waals surface area contributed by atoms with Crippen molar-refractivity contribution in [2.75, 3.05) is 7.05 Å². The predicted octanol–water partition coefficient (Wildman–Crippen LogP) is -0.146. The first-order chi connectivity index (χ1) is 4.93. The summed E-state index contributed by atoms with van der Waals surface area (Å²) >= 11 is 0. The van der Waals surface area contributed by atoms with Gasteiger partial charge in [-0.05, 0) is 6.92 Å². The van der Waals surface area contributed by atoms with E-state index < -0.39 is 10.3 Å². The van der Waals surface area contributed by atoms with E-state index in [-0.39, 0.29) is 6.17 Å². The van der Waals surface area contributed by atoms with Crippen molar-refractivity contribution < 1.29 is 13.0 Å². The lowest BCUT2D eigenvalue weighted by Gasteiger charge is -2.23. The lowest BCUT2D eigenvalue weighted by molar-refractivity contribution is 0.255. The molecule has 1 atom stereocenters. The Morgan fingerprint density at radius 3 is 2.18 bits per heavy atom. The van der Waals surface area contributed by atoms with Crippen molar-refractivity contribution in [1.82, 2.24) is 9.21 Å². The largest absolute Gasteiger partial charge is 0.361 e. The lowest BCUT2D eigenvalue weighted by atomic mass is 10.6. The standard InChI is InChI=1S/C5H10N2O3S/c1-5-6(2)3-4-7(5)11(8,9)10/h3-5H,1-2H3,(H,8,9,10). The smallest absolute Gasteiger partial charge is 0.358 e. The highest BCUT2D eigenvalue weighted by atomic mass is 32.2. The molecule has 0 aliphatic carbocycles. The number of hydrogen-bond acceptors (Lipinski definition) is 3. The molecule has 0 radical (unpaired) electrons. The van der Waals surface area contributed by atoms with Crippen molar-refractivity contribution in [3.8, 4) is 0 Å². The maximum atomic E-state index is 10.6. The predicted molar refractivity (Wildman–Crippen MR) is 39.8 cm³/mol. The number of hydrogen-bond donors (Lipinski definition) is 1. The Labute approximate surface area is 65.8 Å². The van der Waals surface area contributed by atoms with Crippen LogP contribution in [0.3, 0.4) is 0 Å². The molecule has 5 nitrogen and oxygen atoms in total. The summed E-state index contributed by atoms with van der Waals surface area (Å²) in [5.41, 5.74) is 0. The summed E-state index contributed by atoms with van der Waals surface area (Å²) in [4.78, 5) is 1.67. The van der Waals surface area contributed by atoms with E-state index in [2.05, 4.69) is 0 Å². The van der Waals surface area contributed by atoms with Gasteiger partial charge in [-0.15, -0.1) is 0 Å². The van der Waals surface area contributed by atoms with Gasteiger partial charge in [0.05, 0.1) is 0 Å². The molecule has 0 saturated carbocycles. The van der Waals surface area contributed by atoms with Crippen LogP contribution >= 0.6 is 0 Å². The van der Waals surface area contributed by atoms with Gasteiger partial charge in [0.15, 0.2) is 0 Å². The van der Waals surface area contributed by atoms with E-state index in [0.29, 0.717) is 0 Å². The number of nitrogens with zero attached hydrogens (tertiary/aromatic N) is 2. The van der Waals surface area contributed by atoms with Crippen LogP contribution in [0.15, 0.2) is 12.4 Å². The highest BCUT2D eigenvalue weighted by Crippen LogP contribution is 2.15. The van der Waals surface area contributed by atoms with Gasteiger partial charge in [-0.25, -0.2) is 4.31 Å². The summed E-state index contributed by atoms with van der Waals surface area (Å²) in [6, 6.07) is 0. The van der Waals surface area contributed by atoms with Crippen molar-refractivity contribution in [2.24, 2.45) is 0 Å². The van der Waals surface area contributed by atoms with Gasteiger partial charge in [-0.1, -0.05) is 0 Å². The molecule has 1 aliphatic heterocycles. The molecule has 0 fully saturated rings. The quantitative estimate of drug-likeness (QED) is 0.567. The molecule has 0 aromatic carbocycles. The third-order valence-electron chi connectivity index (χ3n) is 1.67. The van der Waals surface area contributed by atoms with Gasteiger partial charge in [-0.2, -0.15) is 8.42 Å². The van der Waals surface area contributed by atoms with E-state index in [9.17, 15) is 8.42 Å². The van der Waals surface area contributed by atoms with Crippen LogP contribution in [-0.4, -0.2) is 35.4 Å². The van der Waals surface area contributed by atoms with Crippen LogP contribution in [0.4, 0.5) is 0 Å². The second-order valence-corrected chi connectivity index (χ2v) is 3.72. The fourth-order valence-corrected chi connectivity index (χ4v) is 1.61. The minimum Gasteiger partial charge on any atom is -0.358 e.